The highest BCUT2D eigenvalue weighted by molar-refractivity contribution is 5.84. The van der Waals surface area contributed by atoms with E-state index in [1.165, 1.54) is 10.5 Å². The zero-order valence-corrected chi connectivity index (χ0v) is 17.0. The average Bonchev–Trinajstić information content (AvgIpc) is 2.72. The Hall–Kier alpha value is -2.16. The van der Waals surface area contributed by atoms with Gasteiger partial charge in [0.15, 0.2) is 0 Å². The van der Waals surface area contributed by atoms with Crippen LogP contribution in [0.15, 0.2) is 30.3 Å². The van der Waals surface area contributed by atoms with Crippen LogP contribution in [-0.4, -0.2) is 90.5 Å². The van der Waals surface area contributed by atoms with Gasteiger partial charge in [0.2, 0.25) is 5.91 Å². The molecule has 2 amide bonds. The second-order valence-corrected chi connectivity index (χ2v) is 8.70. The van der Waals surface area contributed by atoms with Crippen molar-refractivity contribution >= 4 is 12.0 Å². The van der Waals surface area contributed by atoms with E-state index in [4.69, 9.17) is 4.74 Å². The SMILES string of the molecule is COCC12CN(C(=O)O)CC(=O)N1CC1(CCN(Cc3ccccc3)CC1)CN2. The van der Waals surface area contributed by atoms with Gasteiger partial charge >= 0.3 is 6.09 Å². The number of hydrogen-bond acceptors (Lipinski definition) is 5. The van der Waals surface area contributed by atoms with Crippen LogP contribution in [0.5, 0.6) is 0 Å². The van der Waals surface area contributed by atoms with E-state index in [2.05, 4.69) is 34.5 Å². The third-order valence-corrected chi connectivity index (χ3v) is 6.70. The fourth-order valence-corrected chi connectivity index (χ4v) is 4.99. The molecule has 1 aromatic rings. The molecule has 3 saturated heterocycles. The van der Waals surface area contributed by atoms with Crippen LogP contribution in [0.4, 0.5) is 4.79 Å². The van der Waals surface area contributed by atoms with Gasteiger partial charge in [0, 0.05) is 32.2 Å². The van der Waals surface area contributed by atoms with E-state index >= 15 is 0 Å². The number of fused-ring (bicyclic) bond motifs is 1. The monoisotopic (exact) mass is 402 g/mol. The largest absolute Gasteiger partial charge is 0.465 e. The van der Waals surface area contributed by atoms with Gasteiger partial charge in [-0.15, -0.1) is 0 Å². The predicted octanol–water partition coefficient (Wildman–Crippen LogP) is 1.04. The zero-order valence-electron chi connectivity index (χ0n) is 17.0. The molecule has 0 aliphatic carbocycles. The number of ether oxygens (including phenoxy) is 1. The number of piperazine rings is 1. The lowest BCUT2D eigenvalue weighted by molar-refractivity contribution is -0.166. The second-order valence-electron chi connectivity index (χ2n) is 8.70. The van der Waals surface area contributed by atoms with Gasteiger partial charge in [0.25, 0.3) is 0 Å². The van der Waals surface area contributed by atoms with Crippen LogP contribution in [0, 0.1) is 5.41 Å². The van der Waals surface area contributed by atoms with Crippen LogP contribution in [0.2, 0.25) is 0 Å². The summed E-state index contributed by atoms with van der Waals surface area (Å²) in [5.74, 6) is -0.144. The minimum atomic E-state index is -1.07. The molecule has 8 heteroatoms. The third kappa shape index (κ3) is 3.97. The van der Waals surface area contributed by atoms with Crippen LogP contribution in [-0.2, 0) is 16.1 Å². The molecule has 3 aliphatic heterocycles. The van der Waals surface area contributed by atoms with Crippen LogP contribution in [0.1, 0.15) is 18.4 Å². The minimum Gasteiger partial charge on any atom is -0.465 e. The summed E-state index contributed by atoms with van der Waals surface area (Å²) in [5.41, 5.74) is 0.588. The molecule has 1 aromatic carbocycles. The number of likely N-dealkylation sites (tertiary alicyclic amines) is 1. The maximum atomic E-state index is 12.9. The molecule has 1 unspecified atom stereocenters. The molecule has 1 spiro atoms. The first kappa shape index (κ1) is 20.1. The van der Waals surface area contributed by atoms with Gasteiger partial charge in [-0.05, 0) is 31.5 Å². The van der Waals surface area contributed by atoms with Crippen molar-refractivity contribution in [1.82, 2.24) is 20.0 Å². The molecule has 3 fully saturated rings. The Morgan fingerprint density at radius 2 is 1.93 bits per heavy atom. The summed E-state index contributed by atoms with van der Waals surface area (Å²) in [6.07, 6.45) is 0.967. The van der Waals surface area contributed by atoms with E-state index in [0.717, 1.165) is 39.0 Å². The van der Waals surface area contributed by atoms with E-state index in [0.29, 0.717) is 6.54 Å². The molecule has 2 N–H and O–H groups in total. The first-order chi connectivity index (χ1) is 14.0. The number of carbonyl (C=O) groups is 2. The van der Waals surface area contributed by atoms with Gasteiger partial charge in [0.1, 0.15) is 12.2 Å². The Kier molecular flexibility index (Phi) is 5.50. The Bertz CT molecular complexity index is 750. The Morgan fingerprint density at radius 3 is 2.59 bits per heavy atom. The van der Waals surface area contributed by atoms with Gasteiger partial charge < -0.3 is 14.7 Å². The lowest BCUT2D eigenvalue weighted by atomic mass is 9.74. The Labute approximate surface area is 171 Å². The van der Waals surface area contributed by atoms with Gasteiger partial charge in [-0.2, -0.15) is 0 Å². The van der Waals surface area contributed by atoms with Crippen molar-refractivity contribution in [2.45, 2.75) is 25.0 Å². The molecule has 158 valence electrons. The Morgan fingerprint density at radius 1 is 1.21 bits per heavy atom. The molecule has 0 bridgehead atoms. The van der Waals surface area contributed by atoms with Crippen LogP contribution < -0.4 is 5.32 Å². The number of rotatable bonds is 4. The van der Waals surface area contributed by atoms with Crippen molar-refractivity contribution in [3.63, 3.8) is 0 Å². The summed E-state index contributed by atoms with van der Waals surface area (Å²) in [4.78, 5) is 29.9. The number of methoxy groups -OCH3 is 1. The fraction of sp³-hybridized carbons (Fsp3) is 0.619. The summed E-state index contributed by atoms with van der Waals surface area (Å²) >= 11 is 0. The smallest absolute Gasteiger partial charge is 0.407 e. The quantitative estimate of drug-likeness (QED) is 0.783. The predicted molar refractivity (Wildman–Crippen MR) is 107 cm³/mol. The van der Waals surface area contributed by atoms with Gasteiger partial charge in [0.05, 0.1) is 13.2 Å². The summed E-state index contributed by atoms with van der Waals surface area (Å²) in [6, 6.07) is 10.5. The molecule has 0 radical (unpaired) electrons. The molecular weight excluding hydrogens is 372 g/mol. The van der Waals surface area contributed by atoms with Crippen LogP contribution >= 0.6 is 0 Å². The number of piperidine rings is 1. The third-order valence-electron chi connectivity index (χ3n) is 6.70. The number of amides is 2. The lowest BCUT2D eigenvalue weighted by Crippen LogP contribution is -2.79. The normalized spacial score (nSPS) is 27.1. The van der Waals surface area contributed by atoms with E-state index in [1.807, 2.05) is 11.0 Å². The standard InChI is InChI=1S/C21H30N4O4/c1-29-16-21-15-24(19(27)28)12-18(26)25(21)14-20(13-22-21)7-9-23(10-8-20)11-17-5-3-2-4-6-17/h2-6,22H,7-16H2,1H3,(H,27,28). The number of carbonyl (C=O) groups excluding carboxylic acids is 1. The first-order valence-corrected chi connectivity index (χ1v) is 10.2. The minimum absolute atomic E-state index is 0.0332. The maximum Gasteiger partial charge on any atom is 0.407 e. The van der Waals surface area contributed by atoms with Gasteiger partial charge in [-0.3, -0.25) is 19.9 Å². The second kappa shape index (κ2) is 7.93. The number of carboxylic acid groups (broad SMARTS) is 1. The Balaban J connectivity index is 1.43. The molecule has 0 saturated carbocycles. The van der Waals surface area contributed by atoms with E-state index in [9.17, 15) is 14.7 Å². The highest BCUT2D eigenvalue weighted by atomic mass is 16.5. The van der Waals surface area contributed by atoms with E-state index < -0.39 is 11.8 Å². The number of nitrogens with zero attached hydrogens (tertiary/aromatic N) is 3. The molecule has 29 heavy (non-hydrogen) atoms. The summed E-state index contributed by atoms with van der Waals surface area (Å²) < 4.78 is 5.39. The number of benzene rings is 1. The molecule has 4 rings (SSSR count). The van der Waals surface area contributed by atoms with Crippen molar-refractivity contribution in [2.24, 2.45) is 5.41 Å². The molecular formula is C21H30N4O4. The fourth-order valence-electron chi connectivity index (χ4n) is 4.99. The zero-order chi connectivity index (χ0) is 20.5. The molecule has 1 atom stereocenters. The topological polar surface area (TPSA) is 85.3 Å². The highest BCUT2D eigenvalue weighted by Crippen LogP contribution is 2.39. The van der Waals surface area contributed by atoms with Crippen molar-refractivity contribution < 1.29 is 19.4 Å². The molecule has 3 aliphatic rings. The van der Waals surface area contributed by atoms with Crippen LogP contribution in [0.25, 0.3) is 0 Å². The first-order valence-electron chi connectivity index (χ1n) is 10.2. The van der Waals surface area contributed by atoms with Gasteiger partial charge in [-0.1, -0.05) is 30.3 Å². The van der Waals surface area contributed by atoms with Crippen molar-refractivity contribution in [3.8, 4) is 0 Å². The van der Waals surface area contributed by atoms with Crippen molar-refractivity contribution in [3.05, 3.63) is 35.9 Å². The lowest BCUT2D eigenvalue weighted by Gasteiger charge is -2.58. The van der Waals surface area contributed by atoms with Crippen molar-refractivity contribution in [1.29, 1.82) is 0 Å². The van der Waals surface area contributed by atoms with Crippen LogP contribution in [0.3, 0.4) is 0 Å². The molecule has 3 heterocycles. The van der Waals surface area contributed by atoms with E-state index in [1.54, 1.807) is 7.11 Å². The highest BCUT2D eigenvalue weighted by Gasteiger charge is 2.54. The summed E-state index contributed by atoms with van der Waals surface area (Å²) in [5, 5.41) is 12.9. The molecule has 8 nitrogen and oxygen atoms in total. The maximum absolute atomic E-state index is 12.9. The summed E-state index contributed by atoms with van der Waals surface area (Å²) in [7, 11) is 1.59. The van der Waals surface area contributed by atoms with E-state index in [-0.39, 0.29) is 31.0 Å². The summed E-state index contributed by atoms with van der Waals surface area (Å²) in [6.45, 7) is 4.81. The van der Waals surface area contributed by atoms with Gasteiger partial charge in [-0.25, -0.2) is 4.79 Å². The number of nitrogens with one attached hydrogen (secondary N) is 1. The average molecular weight is 402 g/mol. The van der Waals surface area contributed by atoms with Crippen molar-refractivity contribution in [2.75, 3.05) is 53.0 Å². The molecule has 0 aromatic heterocycles. The number of hydrogen-bond donors (Lipinski definition) is 2.